The summed E-state index contributed by atoms with van der Waals surface area (Å²) in [5, 5.41) is 16.5. The number of aromatic carboxylic acids is 1. The first-order valence-corrected chi connectivity index (χ1v) is 7.06. The predicted octanol–water partition coefficient (Wildman–Crippen LogP) is -0.246. The van der Waals surface area contributed by atoms with Crippen molar-refractivity contribution >= 4 is 23.3 Å². The molecule has 0 atom stereocenters. The summed E-state index contributed by atoms with van der Waals surface area (Å²) in [6, 6.07) is 1.55. The quantitative estimate of drug-likeness (QED) is 0.692. The van der Waals surface area contributed by atoms with E-state index in [1.807, 2.05) is 0 Å². The Labute approximate surface area is 126 Å². The van der Waals surface area contributed by atoms with Gasteiger partial charge in [0.1, 0.15) is 5.56 Å². The summed E-state index contributed by atoms with van der Waals surface area (Å²) in [6.07, 6.45) is 1.68. The molecule has 0 aliphatic carbocycles. The SMILES string of the molecule is Nc1nc2c(C(=O)O)cc(NCCN3CCOCC3)cn2n1. The molecule has 0 saturated carbocycles. The lowest BCUT2D eigenvalue weighted by molar-refractivity contribution is 0.0398. The maximum Gasteiger partial charge on any atom is 0.339 e. The third kappa shape index (κ3) is 3.10. The van der Waals surface area contributed by atoms with Crippen molar-refractivity contribution in [1.29, 1.82) is 0 Å². The Morgan fingerprint density at radius 2 is 2.23 bits per heavy atom. The van der Waals surface area contributed by atoms with E-state index in [2.05, 4.69) is 20.3 Å². The van der Waals surface area contributed by atoms with E-state index in [-0.39, 0.29) is 17.2 Å². The minimum absolute atomic E-state index is 0.0490. The Balaban J connectivity index is 1.71. The van der Waals surface area contributed by atoms with Gasteiger partial charge >= 0.3 is 5.97 Å². The highest BCUT2D eigenvalue weighted by Gasteiger charge is 2.15. The van der Waals surface area contributed by atoms with Gasteiger partial charge in [0.15, 0.2) is 5.65 Å². The van der Waals surface area contributed by atoms with Gasteiger partial charge in [-0.05, 0) is 6.07 Å². The second kappa shape index (κ2) is 6.16. The number of nitrogen functional groups attached to an aromatic ring is 1. The number of aromatic nitrogens is 3. The molecule has 1 aliphatic rings. The van der Waals surface area contributed by atoms with Crippen LogP contribution in [0.4, 0.5) is 11.6 Å². The van der Waals surface area contributed by atoms with E-state index in [9.17, 15) is 9.90 Å². The summed E-state index contributed by atoms with van der Waals surface area (Å²) >= 11 is 0. The summed E-state index contributed by atoms with van der Waals surface area (Å²) in [6.45, 7) is 4.92. The Kier molecular flexibility index (Phi) is 4.07. The number of carboxylic acids is 1. The average Bonchev–Trinajstić information content (AvgIpc) is 2.87. The number of anilines is 2. The van der Waals surface area contributed by atoms with E-state index in [0.29, 0.717) is 12.2 Å². The topological polar surface area (TPSA) is 118 Å². The Bertz CT molecular complexity index is 680. The second-order valence-corrected chi connectivity index (χ2v) is 5.07. The molecule has 0 aromatic carbocycles. The zero-order valence-electron chi connectivity index (χ0n) is 12.0. The number of hydrogen-bond donors (Lipinski definition) is 3. The fourth-order valence-corrected chi connectivity index (χ4v) is 2.44. The molecule has 0 unspecified atom stereocenters. The molecule has 2 aromatic rings. The molecule has 0 bridgehead atoms. The zero-order valence-corrected chi connectivity index (χ0v) is 12.0. The van der Waals surface area contributed by atoms with Crippen molar-refractivity contribution in [3.05, 3.63) is 17.8 Å². The highest BCUT2D eigenvalue weighted by molar-refractivity contribution is 5.95. The van der Waals surface area contributed by atoms with Crippen molar-refractivity contribution in [1.82, 2.24) is 19.5 Å². The van der Waals surface area contributed by atoms with Gasteiger partial charge in [-0.15, -0.1) is 5.10 Å². The van der Waals surface area contributed by atoms with Gasteiger partial charge in [-0.3, -0.25) is 4.90 Å². The first-order valence-electron chi connectivity index (χ1n) is 7.06. The lowest BCUT2D eigenvalue weighted by atomic mass is 10.2. The van der Waals surface area contributed by atoms with Gasteiger partial charge in [-0.25, -0.2) is 9.31 Å². The number of nitrogens with zero attached hydrogens (tertiary/aromatic N) is 4. The average molecular weight is 306 g/mol. The summed E-state index contributed by atoms with van der Waals surface area (Å²) < 4.78 is 6.68. The molecule has 22 heavy (non-hydrogen) atoms. The first-order chi connectivity index (χ1) is 10.6. The largest absolute Gasteiger partial charge is 0.478 e. The van der Waals surface area contributed by atoms with Crippen molar-refractivity contribution in [3.63, 3.8) is 0 Å². The van der Waals surface area contributed by atoms with Crippen LogP contribution < -0.4 is 11.1 Å². The lowest BCUT2D eigenvalue weighted by Crippen LogP contribution is -2.39. The second-order valence-electron chi connectivity index (χ2n) is 5.07. The van der Waals surface area contributed by atoms with Crippen LogP contribution in [0.15, 0.2) is 12.3 Å². The van der Waals surface area contributed by atoms with E-state index < -0.39 is 5.97 Å². The maximum atomic E-state index is 11.3. The van der Waals surface area contributed by atoms with Crippen molar-refractivity contribution < 1.29 is 14.6 Å². The summed E-state index contributed by atoms with van der Waals surface area (Å²) in [5.41, 5.74) is 6.51. The van der Waals surface area contributed by atoms with Crippen molar-refractivity contribution in [2.75, 3.05) is 50.4 Å². The number of ether oxygens (including phenoxy) is 1. The standard InChI is InChI=1S/C13H18N6O3/c14-13-16-11-10(12(20)21)7-9(8-19(11)17-13)15-1-2-18-3-5-22-6-4-18/h7-8,15H,1-6H2,(H2,14,17)(H,20,21). The van der Waals surface area contributed by atoms with Crippen LogP contribution in [0.5, 0.6) is 0 Å². The third-order valence-corrected chi connectivity index (χ3v) is 3.54. The minimum Gasteiger partial charge on any atom is -0.478 e. The molecule has 3 heterocycles. The molecule has 0 spiro atoms. The highest BCUT2D eigenvalue weighted by atomic mass is 16.5. The van der Waals surface area contributed by atoms with Crippen LogP contribution in [0.25, 0.3) is 5.65 Å². The number of nitrogens with one attached hydrogen (secondary N) is 1. The van der Waals surface area contributed by atoms with Crippen molar-refractivity contribution in [3.8, 4) is 0 Å². The number of hydrogen-bond acceptors (Lipinski definition) is 7. The fourth-order valence-electron chi connectivity index (χ4n) is 2.44. The Hall–Kier alpha value is -2.39. The number of morpholine rings is 1. The smallest absolute Gasteiger partial charge is 0.339 e. The normalized spacial score (nSPS) is 16.0. The van der Waals surface area contributed by atoms with Crippen LogP contribution in [0, 0.1) is 0 Å². The Morgan fingerprint density at radius 3 is 2.95 bits per heavy atom. The molecule has 9 heteroatoms. The van der Waals surface area contributed by atoms with Gasteiger partial charge in [-0.2, -0.15) is 4.98 Å². The maximum absolute atomic E-state index is 11.3. The predicted molar refractivity (Wildman–Crippen MR) is 80.1 cm³/mol. The molecular formula is C13H18N6O3. The molecule has 1 aliphatic heterocycles. The fraction of sp³-hybridized carbons (Fsp3) is 0.462. The van der Waals surface area contributed by atoms with E-state index in [1.54, 1.807) is 12.3 Å². The molecule has 1 fully saturated rings. The summed E-state index contributed by atoms with van der Waals surface area (Å²) in [4.78, 5) is 17.5. The van der Waals surface area contributed by atoms with Crippen LogP contribution in [0.2, 0.25) is 0 Å². The molecule has 3 rings (SSSR count). The van der Waals surface area contributed by atoms with Gasteiger partial charge in [0.25, 0.3) is 0 Å². The number of rotatable bonds is 5. The number of pyridine rings is 1. The Morgan fingerprint density at radius 1 is 1.45 bits per heavy atom. The van der Waals surface area contributed by atoms with Gasteiger partial charge < -0.3 is 20.9 Å². The molecule has 1 saturated heterocycles. The van der Waals surface area contributed by atoms with E-state index in [1.165, 1.54) is 4.52 Å². The van der Waals surface area contributed by atoms with Gasteiger partial charge in [-0.1, -0.05) is 0 Å². The number of fused-ring (bicyclic) bond motifs is 1. The van der Waals surface area contributed by atoms with E-state index in [4.69, 9.17) is 10.5 Å². The van der Waals surface area contributed by atoms with Crippen LogP contribution in [0.1, 0.15) is 10.4 Å². The van der Waals surface area contributed by atoms with Gasteiger partial charge in [0.05, 0.1) is 25.1 Å². The first kappa shape index (κ1) is 14.5. The number of carbonyl (C=O) groups is 1. The number of carboxylic acid groups (broad SMARTS) is 1. The molecule has 4 N–H and O–H groups in total. The number of nitrogens with two attached hydrogens (primary N) is 1. The van der Waals surface area contributed by atoms with Gasteiger partial charge in [0, 0.05) is 26.2 Å². The lowest BCUT2D eigenvalue weighted by Gasteiger charge is -2.26. The molecular weight excluding hydrogens is 288 g/mol. The molecule has 0 amide bonds. The monoisotopic (exact) mass is 306 g/mol. The third-order valence-electron chi connectivity index (χ3n) is 3.54. The van der Waals surface area contributed by atoms with E-state index >= 15 is 0 Å². The summed E-state index contributed by atoms with van der Waals surface area (Å²) in [7, 11) is 0. The van der Waals surface area contributed by atoms with Gasteiger partial charge in [0.2, 0.25) is 5.95 Å². The minimum atomic E-state index is -1.06. The highest BCUT2D eigenvalue weighted by Crippen LogP contribution is 2.16. The van der Waals surface area contributed by atoms with Crippen LogP contribution in [-0.2, 0) is 4.74 Å². The van der Waals surface area contributed by atoms with E-state index in [0.717, 1.165) is 32.8 Å². The molecule has 2 aromatic heterocycles. The molecule has 118 valence electrons. The van der Waals surface area contributed by atoms with Crippen molar-refractivity contribution in [2.45, 2.75) is 0 Å². The van der Waals surface area contributed by atoms with Crippen LogP contribution in [0.3, 0.4) is 0 Å². The zero-order chi connectivity index (χ0) is 15.5. The molecule has 0 radical (unpaired) electrons. The molecule has 9 nitrogen and oxygen atoms in total. The van der Waals surface area contributed by atoms with Crippen LogP contribution >= 0.6 is 0 Å². The van der Waals surface area contributed by atoms with Crippen LogP contribution in [-0.4, -0.2) is 70.0 Å². The van der Waals surface area contributed by atoms with Crippen molar-refractivity contribution in [2.24, 2.45) is 0 Å². The summed E-state index contributed by atoms with van der Waals surface area (Å²) in [5.74, 6) is -1.01.